The topological polar surface area (TPSA) is 26.3 Å². The van der Waals surface area contributed by atoms with Gasteiger partial charge in [-0.3, -0.25) is 0 Å². The molecule has 0 aromatic rings. The van der Waals surface area contributed by atoms with E-state index in [9.17, 15) is 4.79 Å². The Morgan fingerprint density at radius 1 is 1.47 bits per heavy atom. The lowest BCUT2D eigenvalue weighted by Crippen LogP contribution is -2.26. The highest BCUT2D eigenvalue weighted by molar-refractivity contribution is 6.57. The maximum absolute atomic E-state index is 11.4. The summed E-state index contributed by atoms with van der Waals surface area (Å²) in [7, 11) is -1.61. The van der Waals surface area contributed by atoms with Gasteiger partial charge in [0.1, 0.15) is 0 Å². The Labute approximate surface area is 94.1 Å². The highest BCUT2D eigenvalue weighted by Crippen LogP contribution is 2.19. The summed E-state index contributed by atoms with van der Waals surface area (Å²) in [5.74, 6) is -0.284. The standard InChI is InChI=1S/C12H20O2Si/c1-6-9-15(11(7-2)8-3)14-12(13)10(4)5/h7-8,11,15H,2-4,6,9H2,1,5H3. The molecule has 15 heavy (non-hydrogen) atoms. The van der Waals surface area contributed by atoms with Crippen LogP contribution in [-0.4, -0.2) is 15.0 Å². The maximum atomic E-state index is 11.4. The molecule has 0 spiro atoms. The molecule has 0 bridgehead atoms. The Bertz CT molecular complexity index is 250. The van der Waals surface area contributed by atoms with Crippen molar-refractivity contribution in [3.8, 4) is 0 Å². The zero-order chi connectivity index (χ0) is 11.8. The van der Waals surface area contributed by atoms with Gasteiger partial charge in [-0.25, -0.2) is 4.79 Å². The lowest BCUT2D eigenvalue weighted by atomic mass is 10.4. The largest absolute Gasteiger partial charge is 0.518 e. The van der Waals surface area contributed by atoms with Crippen LogP contribution in [0, 0.1) is 0 Å². The van der Waals surface area contributed by atoms with Gasteiger partial charge < -0.3 is 4.43 Å². The average Bonchev–Trinajstić information content (AvgIpc) is 2.19. The van der Waals surface area contributed by atoms with Crippen LogP contribution in [0.3, 0.4) is 0 Å². The van der Waals surface area contributed by atoms with Gasteiger partial charge in [-0.1, -0.05) is 32.1 Å². The first-order valence-electron chi connectivity index (χ1n) is 5.18. The van der Waals surface area contributed by atoms with Crippen LogP contribution in [0.25, 0.3) is 0 Å². The second-order valence-electron chi connectivity index (χ2n) is 3.56. The molecule has 1 unspecified atom stereocenters. The van der Waals surface area contributed by atoms with Gasteiger partial charge in [-0.05, 0) is 13.0 Å². The minimum absolute atomic E-state index is 0.147. The Morgan fingerprint density at radius 3 is 2.33 bits per heavy atom. The van der Waals surface area contributed by atoms with Gasteiger partial charge in [-0.2, -0.15) is 0 Å². The van der Waals surface area contributed by atoms with E-state index in [0.29, 0.717) is 5.57 Å². The van der Waals surface area contributed by atoms with Gasteiger partial charge in [0.05, 0.1) is 0 Å². The SMILES string of the molecule is C=CC(C=C)[SiH](CCC)OC(=O)C(=C)C. The van der Waals surface area contributed by atoms with Crippen molar-refractivity contribution < 1.29 is 9.22 Å². The van der Waals surface area contributed by atoms with Gasteiger partial charge in [-0.15, -0.1) is 13.2 Å². The molecule has 0 rings (SSSR count). The molecule has 2 nitrogen and oxygen atoms in total. The summed E-state index contributed by atoms with van der Waals surface area (Å²) in [5.41, 5.74) is 0.601. The van der Waals surface area contributed by atoms with Gasteiger partial charge in [0, 0.05) is 11.1 Å². The molecule has 0 heterocycles. The molecule has 0 aromatic carbocycles. The Balaban J connectivity index is 4.51. The van der Waals surface area contributed by atoms with Gasteiger partial charge in [0.25, 0.3) is 0 Å². The minimum Gasteiger partial charge on any atom is -0.518 e. The van der Waals surface area contributed by atoms with Crippen molar-refractivity contribution in [2.45, 2.75) is 31.9 Å². The van der Waals surface area contributed by atoms with E-state index < -0.39 is 9.04 Å². The summed E-state index contributed by atoms with van der Waals surface area (Å²) in [4.78, 5) is 11.4. The van der Waals surface area contributed by atoms with E-state index in [0.717, 1.165) is 12.5 Å². The van der Waals surface area contributed by atoms with Crippen molar-refractivity contribution in [1.29, 1.82) is 0 Å². The second-order valence-corrected chi connectivity index (χ2v) is 6.22. The number of allylic oxidation sites excluding steroid dienone is 2. The molecule has 3 heteroatoms. The fourth-order valence-corrected chi connectivity index (χ4v) is 3.56. The van der Waals surface area contributed by atoms with Crippen molar-refractivity contribution >= 4 is 15.0 Å². The highest BCUT2D eigenvalue weighted by Gasteiger charge is 2.22. The third-order valence-corrected chi connectivity index (χ3v) is 5.22. The quantitative estimate of drug-likeness (QED) is 0.377. The van der Waals surface area contributed by atoms with Crippen LogP contribution < -0.4 is 0 Å². The fraction of sp³-hybridized carbons (Fsp3) is 0.417. The first kappa shape index (κ1) is 13.9. The van der Waals surface area contributed by atoms with E-state index in [1.165, 1.54) is 0 Å². The fourth-order valence-electron chi connectivity index (χ4n) is 1.25. The third kappa shape index (κ3) is 4.79. The Kier molecular flexibility index (Phi) is 6.70. The molecule has 84 valence electrons. The van der Waals surface area contributed by atoms with Crippen LogP contribution in [-0.2, 0) is 9.22 Å². The van der Waals surface area contributed by atoms with Crippen molar-refractivity contribution in [1.82, 2.24) is 0 Å². The van der Waals surface area contributed by atoms with Crippen molar-refractivity contribution in [2.75, 3.05) is 0 Å². The number of carbonyl (C=O) groups excluding carboxylic acids is 1. The molecule has 0 aliphatic heterocycles. The molecule has 0 aliphatic carbocycles. The predicted molar refractivity (Wildman–Crippen MR) is 67.3 cm³/mol. The molecule has 0 aromatic heterocycles. The van der Waals surface area contributed by atoms with Gasteiger partial charge in [0.15, 0.2) is 0 Å². The average molecular weight is 224 g/mol. The Hall–Kier alpha value is -1.09. The van der Waals surface area contributed by atoms with E-state index in [1.54, 1.807) is 6.92 Å². The smallest absolute Gasteiger partial charge is 0.319 e. The minimum atomic E-state index is -1.61. The molecule has 0 amide bonds. The monoisotopic (exact) mass is 224 g/mol. The Morgan fingerprint density at radius 2 is 2.00 bits per heavy atom. The molecule has 0 saturated carbocycles. The molecule has 0 saturated heterocycles. The van der Waals surface area contributed by atoms with Crippen LogP contribution in [0.1, 0.15) is 20.3 Å². The number of rotatable bonds is 7. The summed E-state index contributed by atoms with van der Waals surface area (Å²) in [5, 5.41) is 0. The van der Waals surface area contributed by atoms with Crippen LogP contribution in [0.2, 0.25) is 11.6 Å². The maximum Gasteiger partial charge on any atom is 0.319 e. The van der Waals surface area contributed by atoms with Crippen molar-refractivity contribution in [3.63, 3.8) is 0 Å². The summed E-state index contributed by atoms with van der Waals surface area (Å²) in [6, 6.07) is 0.946. The molecular weight excluding hydrogens is 204 g/mol. The van der Waals surface area contributed by atoms with Crippen molar-refractivity contribution in [2.24, 2.45) is 0 Å². The van der Waals surface area contributed by atoms with Crippen LogP contribution in [0.4, 0.5) is 0 Å². The number of hydrogen-bond donors (Lipinski definition) is 0. The van der Waals surface area contributed by atoms with E-state index in [1.807, 2.05) is 12.2 Å². The lowest BCUT2D eigenvalue weighted by molar-refractivity contribution is -0.130. The van der Waals surface area contributed by atoms with Gasteiger partial charge in [0.2, 0.25) is 9.04 Å². The lowest BCUT2D eigenvalue weighted by Gasteiger charge is -2.20. The summed E-state index contributed by atoms with van der Waals surface area (Å²) in [6.45, 7) is 14.8. The molecule has 0 fully saturated rings. The predicted octanol–water partition coefficient (Wildman–Crippen LogP) is 2.98. The van der Waals surface area contributed by atoms with E-state index >= 15 is 0 Å². The first-order valence-corrected chi connectivity index (χ1v) is 7.13. The number of hydrogen-bond acceptors (Lipinski definition) is 2. The molecule has 0 aliphatic rings. The zero-order valence-corrected chi connectivity index (χ0v) is 10.8. The molecular formula is C12H20O2Si. The van der Waals surface area contributed by atoms with Crippen molar-refractivity contribution in [3.05, 3.63) is 37.5 Å². The van der Waals surface area contributed by atoms with Crippen LogP contribution in [0.15, 0.2) is 37.5 Å². The van der Waals surface area contributed by atoms with Crippen LogP contribution in [0.5, 0.6) is 0 Å². The number of carbonyl (C=O) groups is 1. The summed E-state index contributed by atoms with van der Waals surface area (Å²) >= 11 is 0. The zero-order valence-electron chi connectivity index (χ0n) is 9.66. The molecule has 1 atom stereocenters. The second kappa shape index (κ2) is 7.23. The van der Waals surface area contributed by atoms with E-state index in [-0.39, 0.29) is 11.5 Å². The normalized spacial score (nSPS) is 11.9. The molecule has 0 N–H and O–H groups in total. The van der Waals surface area contributed by atoms with Crippen LogP contribution >= 0.6 is 0 Å². The first-order chi connectivity index (χ1) is 7.06. The van der Waals surface area contributed by atoms with Gasteiger partial charge >= 0.3 is 5.97 Å². The molecule has 0 radical (unpaired) electrons. The van der Waals surface area contributed by atoms with E-state index in [4.69, 9.17) is 4.43 Å². The van der Waals surface area contributed by atoms with E-state index in [2.05, 4.69) is 26.7 Å². The third-order valence-electron chi connectivity index (χ3n) is 2.15. The summed E-state index contributed by atoms with van der Waals surface area (Å²) < 4.78 is 5.45. The highest BCUT2D eigenvalue weighted by atomic mass is 28.3. The summed E-state index contributed by atoms with van der Waals surface area (Å²) in [6.07, 6.45) is 4.63.